The van der Waals surface area contributed by atoms with Crippen LogP contribution in [-0.4, -0.2) is 19.3 Å². The Hall–Kier alpha value is -0.590. The predicted molar refractivity (Wildman–Crippen MR) is 94.7 cm³/mol. The van der Waals surface area contributed by atoms with Crippen LogP contribution in [0.5, 0.6) is 0 Å². The van der Waals surface area contributed by atoms with Gasteiger partial charge in [-0.25, -0.2) is 0 Å². The normalized spacial score (nSPS) is 42.1. The van der Waals surface area contributed by atoms with Gasteiger partial charge in [0.25, 0.3) is 0 Å². The fourth-order valence-electron chi connectivity index (χ4n) is 5.35. The zero-order valence-corrected chi connectivity index (χ0v) is 14.9. The Morgan fingerprint density at radius 2 is 1.35 bits per heavy atom. The van der Waals surface area contributed by atoms with Gasteiger partial charge in [-0.05, 0) is 81.5 Å². The van der Waals surface area contributed by atoms with Crippen molar-refractivity contribution >= 4 is 0 Å². The Bertz CT molecular complexity index is 378. The summed E-state index contributed by atoms with van der Waals surface area (Å²) >= 11 is 0. The van der Waals surface area contributed by atoms with E-state index in [0.717, 1.165) is 36.5 Å². The van der Waals surface area contributed by atoms with Crippen molar-refractivity contribution in [3.8, 4) is 6.07 Å². The smallest absolute Gasteiger partial charge is 0.0655 e. The molecule has 1 heterocycles. The van der Waals surface area contributed by atoms with Crippen molar-refractivity contribution < 1.29 is 0 Å². The lowest BCUT2D eigenvalue weighted by atomic mass is 9.69. The van der Waals surface area contributed by atoms with E-state index in [1.165, 1.54) is 64.5 Å². The second kappa shape index (κ2) is 8.49. The van der Waals surface area contributed by atoms with Gasteiger partial charge in [0.2, 0.25) is 0 Å². The Morgan fingerprint density at radius 1 is 0.826 bits per heavy atom. The maximum atomic E-state index is 9.05. The van der Waals surface area contributed by atoms with E-state index in [1.54, 1.807) is 0 Å². The first-order valence-electron chi connectivity index (χ1n) is 10.2. The molecule has 3 heteroatoms. The van der Waals surface area contributed by atoms with Crippen molar-refractivity contribution in [2.45, 2.75) is 77.3 Å². The van der Waals surface area contributed by atoms with Gasteiger partial charge in [-0.3, -0.25) is 0 Å². The SMILES string of the molecule is CCCC1CNC(C2CCC(C3CCC(C#N)CC3)CC2)NC1. The van der Waals surface area contributed by atoms with Crippen molar-refractivity contribution in [2.24, 2.45) is 29.6 Å². The van der Waals surface area contributed by atoms with E-state index in [1.807, 2.05) is 0 Å². The van der Waals surface area contributed by atoms with Crippen LogP contribution in [0, 0.1) is 40.9 Å². The highest BCUT2D eigenvalue weighted by Crippen LogP contribution is 2.41. The molecule has 3 nitrogen and oxygen atoms in total. The summed E-state index contributed by atoms with van der Waals surface area (Å²) in [4.78, 5) is 0. The van der Waals surface area contributed by atoms with Crippen LogP contribution in [-0.2, 0) is 0 Å². The van der Waals surface area contributed by atoms with Crippen LogP contribution in [0.2, 0.25) is 0 Å². The summed E-state index contributed by atoms with van der Waals surface area (Å²) in [5.74, 6) is 3.89. The minimum atomic E-state index is 0.356. The molecule has 23 heavy (non-hydrogen) atoms. The van der Waals surface area contributed by atoms with Crippen LogP contribution in [0.4, 0.5) is 0 Å². The van der Waals surface area contributed by atoms with E-state index in [-0.39, 0.29) is 0 Å². The maximum Gasteiger partial charge on any atom is 0.0655 e. The molecule has 0 aromatic rings. The van der Waals surface area contributed by atoms with Crippen LogP contribution in [0.1, 0.15) is 71.1 Å². The summed E-state index contributed by atoms with van der Waals surface area (Å²) in [5, 5.41) is 16.6. The van der Waals surface area contributed by atoms with Crippen molar-refractivity contribution in [1.82, 2.24) is 10.6 Å². The number of nitrogens with zero attached hydrogens (tertiary/aromatic N) is 1. The lowest BCUT2D eigenvalue weighted by Crippen LogP contribution is -2.56. The maximum absolute atomic E-state index is 9.05. The average Bonchev–Trinajstić information content (AvgIpc) is 2.63. The molecule has 0 atom stereocenters. The number of nitriles is 1. The molecule has 0 aromatic carbocycles. The van der Waals surface area contributed by atoms with Gasteiger partial charge < -0.3 is 10.6 Å². The molecule has 2 saturated carbocycles. The largest absolute Gasteiger partial charge is 0.301 e. The monoisotopic (exact) mass is 317 g/mol. The van der Waals surface area contributed by atoms with E-state index in [0.29, 0.717) is 12.1 Å². The fourth-order valence-corrected chi connectivity index (χ4v) is 5.35. The van der Waals surface area contributed by atoms with Crippen LogP contribution >= 0.6 is 0 Å². The zero-order valence-electron chi connectivity index (χ0n) is 14.9. The van der Waals surface area contributed by atoms with E-state index in [9.17, 15) is 0 Å². The molecular weight excluding hydrogens is 282 g/mol. The summed E-state index contributed by atoms with van der Waals surface area (Å²) in [6, 6.07) is 2.47. The van der Waals surface area contributed by atoms with Gasteiger partial charge in [-0.2, -0.15) is 5.26 Å². The standard InChI is InChI=1S/C20H35N3/c1-2-3-16-13-22-20(23-14-16)19-10-8-18(9-11-19)17-6-4-15(12-21)5-7-17/h15-20,22-23H,2-11,13-14H2,1H3. The second-order valence-electron chi connectivity index (χ2n) is 8.36. The Kier molecular flexibility index (Phi) is 6.36. The summed E-state index contributed by atoms with van der Waals surface area (Å²) in [7, 11) is 0. The van der Waals surface area contributed by atoms with Gasteiger partial charge in [0.15, 0.2) is 0 Å². The highest BCUT2D eigenvalue weighted by Gasteiger charge is 2.34. The number of hydrogen-bond acceptors (Lipinski definition) is 3. The third-order valence-electron chi connectivity index (χ3n) is 6.86. The van der Waals surface area contributed by atoms with Gasteiger partial charge in [0.1, 0.15) is 0 Å². The minimum absolute atomic E-state index is 0.356. The van der Waals surface area contributed by atoms with Crippen molar-refractivity contribution in [3.05, 3.63) is 0 Å². The quantitative estimate of drug-likeness (QED) is 0.822. The molecule has 0 bridgehead atoms. The highest BCUT2D eigenvalue weighted by atomic mass is 15.2. The van der Waals surface area contributed by atoms with Gasteiger partial charge in [0, 0.05) is 19.0 Å². The van der Waals surface area contributed by atoms with Gasteiger partial charge in [0.05, 0.1) is 12.2 Å². The summed E-state index contributed by atoms with van der Waals surface area (Å²) in [5.41, 5.74) is 0. The molecule has 130 valence electrons. The predicted octanol–water partition coefficient (Wildman–Crippen LogP) is 4.06. The van der Waals surface area contributed by atoms with Crippen LogP contribution < -0.4 is 10.6 Å². The van der Waals surface area contributed by atoms with Gasteiger partial charge in [-0.15, -0.1) is 0 Å². The van der Waals surface area contributed by atoms with Crippen molar-refractivity contribution in [3.63, 3.8) is 0 Å². The molecular formula is C20H35N3. The zero-order chi connectivity index (χ0) is 16.1. The van der Waals surface area contributed by atoms with Crippen molar-refractivity contribution in [1.29, 1.82) is 5.26 Å². The lowest BCUT2D eigenvalue weighted by Gasteiger charge is -2.41. The Morgan fingerprint density at radius 3 is 1.87 bits per heavy atom. The molecule has 3 aliphatic rings. The van der Waals surface area contributed by atoms with E-state index in [2.05, 4.69) is 23.6 Å². The molecule has 0 aromatic heterocycles. The molecule has 1 aliphatic heterocycles. The van der Waals surface area contributed by atoms with Gasteiger partial charge in [-0.1, -0.05) is 13.3 Å². The minimum Gasteiger partial charge on any atom is -0.301 e. The third kappa shape index (κ3) is 4.48. The number of nitrogens with one attached hydrogen (secondary N) is 2. The molecule has 0 radical (unpaired) electrons. The topological polar surface area (TPSA) is 47.9 Å². The first kappa shape index (κ1) is 17.2. The molecule has 3 rings (SSSR count). The Balaban J connectivity index is 1.38. The molecule has 1 saturated heterocycles. The second-order valence-corrected chi connectivity index (χ2v) is 8.36. The first-order chi connectivity index (χ1) is 11.3. The first-order valence-corrected chi connectivity index (χ1v) is 10.2. The molecule has 0 spiro atoms. The van der Waals surface area contributed by atoms with Crippen LogP contribution in [0.3, 0.4) is 0 Å². The highest BCUT2D eigenvalue weighted by molar-refractivity contribution is 4.91. The Labute approximate surface area is 142 Å². The summed E-state index contributed by atoms with van der Waals surface area (Å²) in [6.45, 7) is 4.71. The van der Waals surface area contributed by atoms with E-state index < -0.39 is 0 Å². The molecule has 0 amide bonds. The van der Waals surface area contributed by atoms with Crippen LogP contribution in [0.25, 0.3) is 0 Å². The van der Waals surface area contributed by atoms with E-state index >= 15 is 0 Å². The number of rotatable bonds is 4. The van der Waals surface area contributed by atoms with Gasteiger partial charge >= 0.3 is 0 Å². The molecule has 2 aliphatic carbocycles. The van der Waals surface area contributed by atoms with E-state index in [4.69, 9.17) is 5.26 Å². The fraction of sp³-hybridized carbons (Fsp3) is 0.950. The summed E-state index contributed by atoms with van der Waals surface area (Å²) in [6.07, 6.45) is 13.8. The average molecular weight is 318 g/mol. The molecule has 2 N–H and O–H groups in total. The lowest BCUT2D eigenvalue weighted by molar-refractivity contribution is 0.119. The molecule has 0 unspecified atom stereocenters. The van der Waals surface area contributed by atoms with Crippen molar-refractivity contribution in [2.75, 3.05) is 13.1 Å². The third-order valence-corrected chi connectivity index (χ3v) is 6.86. The number of hydrogen-bond donors (Lipinski definition) is 2. The van der Waals surface area contributed by atoms with Crippen LogP contribution in [0.15, 0.2) is 0 Å². The molecule has 3 fully saturated rings. The summed E-state index contributed by atoms with van der Waals surface area (Å²) < 4.78 is 0.